The number of nitrogen functional groups attached to an aromatic ring is 1. The van der Waals surface area contributed by atoms with Crippen LogP contribution in [0.15, 0.2) is 103 Å². The molecule has 0 saturated carbocycles. The van der Waals surface area contributed by atoms with Crippen molar-refractivity contribution in [1.29, 1.82) is 0 Å². The third kappa shape index (κ3) is 5.46. The molecule has 2 N–H and O–H groups in total. The number of hydrogen-bond donors (Lipinski definition) is 1. The molecule has 2 aliphatic rings. The summed E-state index contributed by atoms with van der Waals surface area (Å²) in [5.74, 6) is -0.136. The van der Waals surface area contributed by atoms with E-state index in [1.165, 1.54) is 10.4 Å². The second-order valence-electron chi connectivity index (χ2n) is 13.0. The van der Waals surface area contributed by atoms with Gasteiger partial charge in [-0.05, 0) is 58.1 Å². The van der Waals surface area contributed by atoms with Gasteiger partial charge in [-0.3, -0.25) is 9.59 Å². The third-order valence-corrected chi connectivity index (χ3v) is 14.1. The quantitative estimate of drug-likeness (QED) is 0.206. The second kappa shape index (κ2) is 12.1. The Morgan fingerprint density at radius 3 is 2.16 bits per heavy atom. The Kier molecular flexibility index (Phi) is 8.18. The number of carbonyl (C=O) groups is 2. The van der Waals surface area contributed by atoms with Gasteiger partial charge in [0.1, 0.15) is 0 Å². The van der Waals surface area contributed by atoms with Crippen LogP contribution in [0.1, 0.15) is 55.1 Å². The van der Waals surface area contributed by atoms with Gasteiger partial charge in [0.25, 0.3) is 14.2 Å². The van der Waals surface area contributed by atoms with Crippen molar-refractivity contribution in [3.05, 3.63) is 120 Å². The Morgan fingerprint density at radius 2 is 1.52 bits per heavy atom. The van der Waals surface area contributed by atoms with Crippen LogP contribution >= 0.6 is 0 Å². The molecule has 4 aromatic carbocycles. The lowest BCUT2D eigenvalue weighted by molar-refractivity contribution is -0.124. The van der Waals surface area contributed by atoms with Crippen LogP contribution in [0.4, 0.5) is 11.4 Å². The van der Waals surface area contributed by atoms with Crippen molar-refractivity contribution in [2.45, 2.75) is 51.7 Å². The monoisotopic (exact) mass is 603 g/mol. The van der Waals surface area contributed by atoms with Crippen LogP contribution in [0.5, 0.6) is 0 Å². The van der Waals surface area contributed by atoms with Crippen LogP contribution in [0, 0.1) is 5.92 Å². The van der Waals surface area contributed by atoms with Gasteiger partial charge in [0.15, 0.2) is 0 Å². The Morgan fingerprint density at radius 1 is 0.864 bits per heavy atom. The van der Waals surface area contributed by atoms with Crippen LogP contribution in [0.25, 0.3) is 0 Å². The number of carbonyl (C=O) groups excluding carboxylic acids is 2. The summed E-state index contributed by atoms with van der Waals surface area (Å²) in [6.45, 7) is 8.79. The molecule has 6 nitrogen and oxygen atoms in total. The molecule has 4 aromatic rings. The summed E-state index contributed by atoms with van der Waals surface area (Å²) in [6, 6.07) is 34.7. The molecule has 2 aliphatic heterocycles. The first-order valence-corrected chi connectivity index (χ1v) is 17.4. The van der Waals surface area contributed by atoms with Crippen LogP contribution in [-0.4, -0.2) is 38.2 Å². The number of amides is 2. The van der Waals surface area contributed by atoms with Gasteiger partial charge in [-0.2, -0.15) is 0 Å². The Balaban J connectivity index is 1.22. The number of rotatable bonds is 8. The van der Waals surface area contributed by atoms with E-state index in [4.69, 9.17) is 10.2 Å². The van der Waals surface area contributed by atoms with Crippen molar-refractivity contribution >= 4 is 41.9 Å². The minimum Gasteiger partial charge on any atom is -0.407 e. The average molecular weight is 604 g/mol. The maximum atomic E-state index is 14.0. The minimum absolute atomic E-state index is 0.00713. The highest BCUT2D eigenvalue weighted by Gasteiger charge is 2.50. The number of piperidine rings is 1. The molecular formula is C37H41N3O3Si. The first-order valence-electron chi connectivity index (χ1n) is 15.5. The lowest BCUT2D eigenvalue weighted by Crippen LogP contribution is -2.67. The maximum Gasteiger partial charge on any atom is 0.261 e. The largest absolute Gasteiger partial charge is 0.407 e. The van der Waals surface area contributed by atoms with Gasteiger partial charge in [0.2, 0.25) is 5.91 Å². The summed E-state index contributed by atoms with van der Waals surface area (Å²) in [5.41, 5.74) is 10.2. The zero-order valence-electron chi connectivity index (χ0n) is 25.8. The van der Waals surface area contributed by atoms with Crippen LogP contribution < -0.4 is 21.0 Å². The lowest BCUT2D eigenvalue weighted by atomic mass is 9.97. The predicted molar refractivity (Wildman–Crippen MR) is 180 cm³/mol. The highest BCUT2D eigenvalue weighted by Crippen LogP contribution is 2.38. The molecule has 6 rings (SSSR count). The molecule has 0 aliphatic carbocycles. The fraction of sp³-hybridized carbons (Fsp3) is 0.297. The van der Waals surface area contributed by atoms with E-state index in [9.17, 15) is 9.59 Å². The normalized spacial score (nSPS) is 17.2. The second-order valence-corrected chi connectivity index (χ2v) is 17.3. The van der Waals surface area contributed by atoms with Gasteiger partial charge in [0.05, 0.1) is 5.92 Å². The van der Waals surface area contributed by atoms with Gasteiger partial charge in [-0.15, -0.1) is 0 Å². The van der Waals surface area contributed by atoms with Crippen molar-refractivity contribution in [3.63, 3.8) is 0 Å². The summed E-state index contributed by atoms with van der Waals surface area (Å²) in [4.78, 5) is 30.8. The molecule has 1 unspecified atom stereocenters. The smallest absolute Gasteiger partial charge is 0.261 e. The van der Waals surface area contributed by atoms with E-state index >= 15 is 0 Å². The zero-order chi connectivity index (χ0) is 30.9. The van der Waals surface area contributed by atoms with E-state index in [0.717, 1.165) is 29.7 Å². The molecule has 1 atom stereocenters. The van der Waals surface area contributed by atoms with E-state index < -0.39 is 8.32 Å². The number of nitrogens with two attached hydrogens (primary N) is 1. The molecule has 2 heterocycles. The average Bonchev–Trinajstić information content (AvgIpc) is 3.34. The number of nitrogens with zero attached hydrogens (tertiary/aromatic N) is 2. The molecule has 226 valence electrons. The van der Waals surface area contributed by atoms with Gasteiger partial charge in [-0.25, -0.2) is 0 Å². The molecule has 0 aromatic heterocycles. The molecule has 0 radical (unpaired) electrons. The Hall–Kier alpha value is -4.20. The number of benzene rings is 4. The molecule has 7 heteroatoms. The number of fused-ring (bicyclic) bond motifs is 1. The molecule has 1 saturated heterocycles. The summed E-state index contributed by atoms with van der Waals surface area (Å²) in [5, 5.41) is 2.28. The van der Waals surface area contributed by atoms with Gasteiger partial charge in [-0.1, -0.05) is 99.6 Å². The van der Waals surface area contributed by atoms with E-state index in [2.05, 4.69) is 69.3 Å². The van der Waals surface area contributed by atoms with Gasteiger partial charge in [0, 0.05) is 48.7 Å². The van der Waals surface area contributed by atoms with Crippen LogP contribution in [-0.2, 0) is 22.3 Å². The summed E-state index contributed by atoms with van der Waals surface area (Å²) >= 11 is 0. The van der Waals surface area contributed by atoms with E-state index in [0.29, 0.717) is 37.5 Å². The fourth-order valence-electron chi connectivity index (χ4n) is 6.93. The van der Waals surface area contributed by atoms with Crippen molar-refractivity contribution in [3.8, 4) is 0 Å². The van der Waals surface area contributed by atoms with Crippen molar-refractivity contribution in [1.82, 2.24) is 4.90 Å². The molecule has 44 heavy (non-hydrogen) atoms. The van der Waals surface area contributed by atoms with Crippen molar-refractivity contribution in [2.24, 2.45) is 5.92 Å². The third-order valence-electron chi connectivity index (χ3n) is 9.14. The van der Waals surface area contributed by atoms with Crippen molar-refractivity contribution < 1.29 is 14.0 Å². The molecule has 0 spiro atoms. The fourth-order valence-corrected chi connectivity index (χ4v) is 11.5. The first-order chi connectivity index (χ1) is 21.2. The molecule has 1 fully saturated rings. The van der Waals surface area contributed by atoms with E-state index in [-0.39, 0.29) is 22.8 Å². The molecule has 0 bridgehead atoms. The Bertz CT molecular complexity index is 1610. The summed E-state index contributed by atoms with van der Waals surface area (Å²) in [6.07, 6.45) is 1.71. The topological polar surface area (TPSA) is 75.9 Å². The van der Waals surface area contributed by atoms with E-state index in [1.54, 1.807) is 0 Å². The Labute approximate surface area is 261 Å². The number of anilines is 2. The standard InChI is InChI=1S/C37H41N3O3Si/c1-37(2,3)44(30-16-6-4-7-17-30,31-18-8-5-9-19-31)43-26-28-14-12-22-40(35(28)41)29-15-10-13-27(23-29)24-39-25-33-32(36(39)42)20-11-21-34(33)38/h4-11,13,15-21,23,28H,12,14,22,24-26,38H2,1-3H3. The number of hydrogen-bond acceptors (Lipinski definition) is 4. The molecule has 2 amide bonds. The molecular weight excluding hydrogens is 563 g/mol. The zero-order valence-corrected chi connectivity index (χ0v) is 26.8. The van der Waals surface area contributed by atoms with E-state index in [1.807, 2.05) is 64.4 Å². The first kappa shape index (κ1) is 29.9. The van der Waals surface area contributed by atoms with Crippen LogP contribution in [0.3, 0.4) is 0 Å². The van der Waals surface area contributed by atoms with Gasteiger partial charge < -0.3 is 20.0 Å². The highest BCUT2D eigenvalue weighted by atomic mass is 28.4. The predicted octanol–water partition coefficient (Wildman–Crippen LogP) is 5.74. The van der Waals surface area contributed by atoms with Gasteiger partial charge >= 0.3 is 0 Å². The lowest BCUT2D eigenvalue weighted by Gasteiger charge is -2.44. The maximum absolute atomic E-state index is 14.0. The van der Waals surface area contributed by atoms with Crippen LogP contribution in [0.2, 0.25) is 5.04 Å². The minimum atomic E-state index is -2.75. The highest BCUT2D eigenvalue weighted by molar-refractivity contribution is 6.99. The summed E-state index contributed by atoms with van der Waals surface area (Å²) in [7, 11) is -2.75. The SMILES string of the molecule is CC(C)(C)[Si](OCC1CCCN(c2cccc(CN3Cc4c(N)cccc4C3=O)c2)C1=O)(c1ccccc1)c1ccccc1. The summed E-state index contributed by atoms with van der Waals surface area (Å²) < 4.78 is 7.16. The van der Waals surface area contributed by atoms with Crippen molar-refractivity contribution in [2.75, 3.05) is 23.8 Å².